The van der Waals surface area contributed by atoms with E-state index in [4.69, 9.17) is 9.57 Å². The Morgan fingerprint density at radius 3 is 2.62 bits per heavy atom. The largest absolute Gasteiger partial charge is 0.511 e. The fourth-order valence-corrected chi connectivity index (χ4v) is 4.85. The van der Waals surface area contributed by atoms with Crippen molar-refractivity contribution < 1.29 is 24.3 Å². The molecular weight excluding hydrogens is 406 g/mol. The molecule has 2 aliphatic rings. The van der Waals surface area contributed by atoms with Crippen LogP contribution in [0.3, 0.4) is 0 Å². The van der Waals surface area contributed by atoms with E-state index < -0.39 is 0 Å². The molecule has 0 amide bonds. The van der Waals surface area contributed by atoms with Gasteiger partial charge in [-0.1, -0.05) is 17.8 Å². The first-order valence-electron chi connectivity index (χ1n) is 11.1. The molecule has 1 aliphatic carbocycles. The summed E-state index contributed by atoms with van der Waals surface area (Å²) in [6, 6.07) is 0. The lowest BCUT2D eigenvalue weighted by Gasteiger charge is -2.28. The number of benzene rings is 1. The maximum Gasteiger partial charge on any atom is 0.170 e. The number of fused-ring (bicyclic) bond motifs is 1. The van der Waals surface area contributed by atoms with E-state index in [0.717, 1.165) is 34.4 Å². The molecule has 1 atom stereocenters. The highest BCUT2D eigenvalue weighted by Crippen LogP contribution is 2.46. The van der Waals surface area contributed by atoms with Crippen molar-refractivity contribution in [1.82, 2.24) is 0 Å². The van der Waals surface area contributed by atoms with Crippen LogP contribution in [-0.4, -0.2) is 35.1 Å². The molecule has 3 rings (SSSR count). The second-order valence-corrected chi connectivity index (χ2v) is 9.32. The second kappa shape index (κ2) is 9.31. The van der Waals surface area contributed by atoms with Crippen LogP contribution in [0.1, 0.15) is 73.3 Å². The highest BCUT2D eigenvalue weighted by Gasteiger charge is 2.38. The topological polar surface area (TPSA) is 85.2 Å². The van der Waals surface area contributed by atoms with Gasteiger partial charge in [-0.25, -0.2) is 0 Å². The average molecular weight is 440 g/mol. The van der Waals surface area contributed by atoms with Crippen LogP contribution < -0.4 is 4.74 Å². The van der Waals surface area contributed by atoms with Gasteiger partial charge in [-0.05, 0) is 69.2 Å². The Hall–Kier alpha value is -2.89. The number of rotatable bonds is 8. The van der Waals surface area contributed by atoms with Crippen LogP contribution in [0, 0.1) is 20.8 Å². The number of aliphatic hydroxyl groups excluding tert-OH is 1. The minimum atomic E-state index is -0.352. The standard InChI is InChI=1S/C26H33NO5/c1-7-11-31-27-10-8-9-20(28)24-21(29)12-18(13-22(24)30)23-15(2)16(3)25-19(17(23)4)14-26(5,6)32-25/h7,10,18,29H,1,8-9,11-14H2,2-6H3. The van der Waals surface area contributed by atoms with Crippen molar-refractivity contribution in [3.8, 4) is 5.75 Å². The quantitative estimate of drug-likeness (QED) is 0.200. The second-order valence-electron chi connectivity index (χ2n) is 9.32. The first kappa shape index (κ1) is 23.8. The summed E-state index contributed by atoms with van der Waals surface area (Å²) in [5.41, 5.74) is 5.28. The molecule has 1 unspecified atom stereocenters. The third-order valence-corrected chi connectivity index (χ3v) is 6.39. The molecule has 0 bridgehead atoms. The Morgan fingerprint density at radius 2 is 1.97 bits per heavy atom. The zero-order chi connectivity index (χ0) is 23.6. The molecule has 0 fully saturated rings. The lowest BCUT2D eigenvalue weighted by molar-refractivity contribution is -0.122. The predicted octanol–water partition coefficient (Wildman–Crippen LogP) is 5.12. The summed E-state index contributed by atoms with van der Waals surface area (Å²) in [5, 5.41) is 14.4. The number of ether oxygens (including phenoxy) is 1. The maximum absolute atomic E-state index is 12.9. The van der Waals surface area contributed by atoms with Crippen LogP contribution in [0.25, 0.3) is 0 Å². The molecule has 1 aromatic rings. The normalized spacial score (nSPS) is 19.8. The molecule has 1 aliphatic heterocycles. The van der Waals surface area contributed by atoms with Gasteiger partial charge in [0.1, 0.15) is 23.7 Å². The number of Topliss-reactive ketones (excluding diaryl/α,β-unsaturated/α-hetero) is 2. The number of allylic oxidation sites excluding steroid dienone is 2. The highest BCUT2D eigenvalue weighted by molar-refractivity contribution is 6.21. The molecule has 32 heavy (non-hydrogen) atoms. The summed E-state index contributed by atoms with van der Waals surface area (Å²) in [4.78, 5) is 30.4. The van der Waals surface area contributed by atoms with E-state index >= 15 is 0 Å². The Labute approximate surface area is 190 Å². The molecule has 1 heterocycles. The van der Waals surface area contributed by atoms with Gasteiger partial charge in [0.05, 0.1) is 5.57 Å². The fourth-order valence-electron chi connectivity index (χ4n) is 4.85. The van der Waals surface area contributed by atoms with Gasteiger partial charge in [0.2, 0.25) is 0 Å². The van der Waals surface area contributed by atoms with Gasteiger partial charge >= 0.3 is 0 Å². The number of oxime groups is 1. The molecular formula is C26H33NO5. The van der Waals surface area contributed by atoms with Crippen molar-refractivity contribution in [1.29, 1.82) is 0 Å². The van der Waals surface area contributed by atoms with Crippen LogP contribution >= 0.6 is 0 Å². The fraction of sp³-hybridized carbons (Fsp3) is 0.500. The zero-order valence-electron chi connectivity index (χ0n) is 19.7. The molecule has 1 aromatic carbocycles. The van der Waals surface area contributed by atoms with Gasteiger partial charge in [-0.2, -0.15) is 0 Å². The molecule has 6 heteroatoms. The van der Waals surface area contributed by atoms with Crippen LogP contribution in [0.2, 0.25) is 0 Å². The summed E-state index contributed by atoms with van der Waals surface area (Å²) < 4.78 is 6.19. The molecule has 0 spiro atoms. The number of nitrogens with zero attached hydrogens (tertiary/aromatic N) is 1. The number of carbonyl (C=O) groups is 2. The predicted molar refractivity (Wildman–Crippen MR) is 125 cm³/mol. The van der Waals surface area contributed by atoms with Crippen molar-refractivity contribution in [2.45, 2.75) is 78.2 Å². The number of hydrogen-bond donors (Lipinski definition) is 1. The smallest absolute Gasteiger partial charge is 0.170 e. The molecule has 0 aromatic heterocycles. The Morgan fingerprint density at radius 1 is 1.25 bits per heavy atom. The van der Waals surface area contributed by atoms with E-state index in [1.54, 1.807) is 6.08 Å². The van der Waals surface area contributed by atoms with Gasteiger partial charge in [0.15, 0.2) is 11.6 Å². The SMILES string of the molecule is C=CCON=CCCC(=O)C1=C(O)CC(c2c(C)c(C)c3c(c2C)CC(C)(C)O3)CC1=O. The monoisotopic (exact) mass is 439 g/mol. The molecule has 0 radical (unpaired) electrons. The van der Waals surface area contributed by atoms with Crippen molar-refractivity contribution in [3.05, 3.63) is 51.8 Å². The van der Waals surface area contributed by atoms with Crippen molar-refractivity contribution >= 4 is 17.8 Å². The van der Waals surface area contributed by atoms with E-state index in [1.165, 1.54) is 11.8 Å². The minimum absolute atomic E-state index is 0.0562. The van der Waals surface area contributed by atoms with Crippen LogP contribution in [0.4, 0.5) is 0 Å². The van der Waals surface area contributed by atoms with E-state index in [1.807, 2.05) is 13.8 Å². The van der Waals surface area contributed by atoms with Gasteiger partial charge in [0, 0.05) is 37.5 Å². The van der Waals surface area contributed by atoms with Crippen molar-refractivity contribution in [2.75, 3.05) is 6.61 Å². The Kier molecular flexibility index (Phi) is 6.91. The number of aliphatic hydroxyl groups is 1. The number of ketones is 2. The van der Waals surface area contributed by atoms with Gasteiger partial charge in [0.25, 0.3) is 0 Å². The molecule has 1 N–H and O–H groups in total. The molecule has 0 saturated heterocycles. The summed E-state index contributed by atoms with van der Waals surface area (Å²) in [7, 11) is 0. The van der Waals surface area contributed by atoms with Crippen LogP contribution in [0.15, 0.2) is 29.1 Å². The lowest BCUT2D eigenvalue weighted by atomic mass is 9.76. The average Bonchev–Trinajstić information content (AvgIpc) is 3.04. The van der Waals surface area contributed by atoms with E-state index in [9.17, 15) is 14.7 Å². The highest BCUT2D eigenvalue weighted by atomic mass is 16.6. The summed E-state index contributed by atoms with van der Waals surface area (Å²) in [5.74, 6) is 0.0440. The van der Waals surface area contributed by atoms with Crippen molar-refractivity contribution in [3.63, 3.8) is 0 Å². The van der Waals surface area contributed by atoms with E-state index in [0.29, 0.717) is 13.0 Å². The van der Waals surface area contributed by atoms with E-state index in [-0.39, 0.29) is 53.7 Å². The molecule has 0 saturated carbocycles. The van der Waals surface area contributed by atoms with Crippen LogP contribution in [0.5, 0.6) is 5.75 Å². The third-order valence-electron chi connectivity index (χ3n) is 6.39. The first-order chi connectivity index (χ1) is 15.1. The van der Waals surface area contributed by atoms with Gasteiger partial charge < -0.3 is 14.7 Å². The lowest BCUT2D eigenvalue weighted by Crippen LogP contribution is -2.25. The maximum atomic E-state index is 12.9. The minimum Gasteiger partial charge on any atom is -0.511 e. The van der Waals surface area contributed by atoms with Gasteiger partial charge in [-0.3, -0.25) is 9.59 Å². The Bertz CT molecular complexity index is 1020. The summed E-state index contributed by atoms with van der Waals surface area (Å²) >= 11 is 0. The molecule has 6 nitrogen and oxygen atoms in total. The Balaban J connectivity index is 1.81. The zero-order valence-corrected chi connectivity index (χ0v) is 19.7. The molecule has 172 valence electrons. The number of carbonyl (C=O) groups excluding carboxylic acids is 2. The third kappa shape index (κ3) is 4.64. The van der Waals surface area contributed by atoms with E-state index in [2.05, 4.69) is 32.5 Å². The van der Waals surface area contributed by atoms with Gasteiger partial charge in [-0.15, -0.1) is 0 Å². The summed E-state index contributed by atoms with van der Waals surface area (Å²) in [6.07, 6.45) is 4.80. The first-order valence-corrected chi connectivity index (χ1v) is 11.1. The number of hydrogen-bond acceptors (Lipinski definition) is 6. The van der Waals surface area contributed by atoms with Crippen LogP contribution in [-0.2, 0) is 20.8 Å². The van der Waals surface area contributed by atoms with Crippen molar-refractivity contribution in [2.24, 2.45) is 5.16 Å². The summed E-state index contributed by atoms with van der Waals surface area (Å²) in [6.45, 7) is 14.1.